The van der Waals surface area contributed by atoms with Crippen LogP contribution in [-0.2, 0) is 11.2 Å². The van der Waals surface area contributed by atoms with Crippen molar-refractivity contribution in [2.45, 2.75) is 25.2 Å². The Morgan fingerprint density at radius 2 is 2.23 bits per heavy atom. The normalized spacial score (nSPS) is 17.0. The van der Waals surface area contributed by atoms with E-state index in [0.29, 0.717) is 49.0 Å². The summed E-state index contributed by atoms with van der Waals surface area (Å²) < 4.78 is 10.9. The van der Waals surface area contributed by atoms with Gasteiger partial charge >= 0.3 is 0 Å². The van der Waals surface area contributed by atoms with Crippen LogP contribution in [0.3, 0.4) is 0 Å². The predicted molar refractivity (Wildman–Crippen MR) is 91.3 cm³/mol. The van der Waals surface area contributed by atoms with Gasteiger partial charge in [-0.2, -0.15) is 10.2 Å². The number of carbonyl (C=O) groups is 1. The molecule has 134 valence electrons. The minimum absolute atomic E-state index is 0.0757. The molecule has 0 bridgehead atoms. The van der Waals surface area contributed by atoms with Crippen LogP contribution >= 0.6 is 0 Å². The largest absolute Gasteiger partial charge is 0.381 e. The number of hydrogen-bond donors (Lipinski definition) is 0. The van der Waals surface area contributed by atoms with Crippen molar-refractivity contribution in [2.75, 3.05) is 26.3 Å². The van der Waals surface area contributed by atoms with Gasteiger partial charge in [0.05, 0.1) is 24.2 Å². The molecule has 2 aliphatic rings. The van der Waals surface area contributed by atoms with Crippen LogP contribution in [0.4, 0.5) is 0 Å². The molecular weight excluding hydrogens is 332 g/mol. The molecule has 2 fully saturated rings. The van der Waals surface area contributed by atoms with Crippen LogP contribution in [0.2, 0.25) is 0 Å². The van der Waals surface area contributed by atoms with Crippen molar-refractivity contribution >= 4 is 5.91 Å². The topological polar surface area (TPSA) is 92.2 Å². The molecule has 0 N–H and O–H groups in total. The van der Waals surface area contributed by atoms with Crippen LogP contribution in [0.1, 0.15) is 46.4 Å². The Labute approximate surface area is 151 Å². The molecule has 1 aromatic heterocycles. The van der Waals surface area contributed by atoms with Crippen LogP contribution in [0.15, 0.2) is 28.8 Å². The summed E-state index contributed by atoms with van der Waals surface area (Å²) >= 11 is 0. The third-order valence-corrected chi connectivity index (χ3v) is 4.76. The molecule has 2 heterocycles. The molecule has 7 nitrogen and oxygen atoms in total. The highest BCUT2D eigenvalue weighted by Gasteiger charge is 2.36. The van der Waals surface area contributed by atoms with E-state index in [2.05, 4.69) is 16.2 Å². The fraction of sp³-hybridized carbons (Fsp3) is 0.474. The lowest BCUT2D eigenvalue weighted by Crippen LogP contribution is -2.48. The molecule has 1 aliphatic carbocycles. The van der Waals surface area contributed by atoms with Crippen molar-refractivity contribution in [1.29, 1.82) is 5.26 Å². The molecule has 1 saturated carbocycles. The smallest absolute Gasteiger partial charge is 0.253 e. The number of benzene rings is 1. The Morgan fingerprint density at radius 1 is 1.38 bits per heavy atom. The van der Waals surface area contributed by atoms with Gasteiger partial charge in [0.25, 0.3) is 5.91 Å². The summed E-state index contributed by atoms with van der Waals surface area (Å²) in [7, 11) is 0. The van der Waals surface area contributed by atoms with Gasteiger partial charge in [-0.3, -0.25) is 4.79 Å². The van der Waals surface area contributed by atoms with E-state index in [1.807, 2.05) is 0 Å². The van der Waals surface area contributed by atoms with E-state index < -0.39 is 0 Å². The van der Waals surface area contributed by atoms with Crippen molar-refractivity contribution in [3.05, 3.63) is 47.1 Å². The standard InChI is InChI=1S/C19H20N4O3/c20-9-14-2-1-3-15(8-14)19(24)23-10-16(11-23)18-21-17(22-26-18)6-7-25-12-13-4-5-13/h1-3,8,13,16H,4-7,10-12H2. The Morgan fingerprint density at radius 3 is 3.00 bits per heavy atom. The Balaban J connectivity index is 1.26. The number of hydrogen-bond acceptors (Lipinski definition) is 6. The number of likely N-dealkylation sites (tertiary alicyclic amines) is 1. The molecule has 4 rings (SSSR count). The Kier molecular flexibility index (Phi) is 4.67. The lowest BCUT2D eigenvalue weighted by atomic mass is 9.98. The zero-order valence-corrected chi connectivity index (χ0v) is 14.4. The first kappa shape index (κ1) is 16.7. The first-order chi connectivity index (χ1) is 12.7. The SMILES string of the molecule is N#Cc1cccc(C(=O)N2CC(c3nc(CCOCC4CC4)no3)C2)c1. The van der Waals surface area contributed by atoms with Crippen molar-refractivity contribution < 1.29 is 14.1 Å². The van der Waals surface area contributed by atoms with E-state index >= 15 is 0 Å². The maximum absolute atomic E-state index is 12.4. The lowest BCUT2D eigenvalue weighted by molar-refractivity contribution is 0.0569. The molecule has 0 spiro atoms. The van der Waals surface area contributed by atoms with E-state index in [-0.39, 0.29) is 11.8 Å². The number of nitrogens with zero attached hydrogens (tertiary/aromatic N) is 4. The van der Waals surface area contributed by atoms with Gasteiger partial charge in [0.1, 0.15) is 0 Å². The number of ether oxygens (including phenoxy) is 1. The molecule has 0 unspecified atom stereocenters. The highest BCUT2D eigenvalue weighted by Crippen LogP contribution is 2.29. The third-order valence-electron chi connectivity index (χ3n) is 4.76. The summed E-state index contributed by atoms with van der Waals surface area (Å²) in [5, 5.41) is 12.9. The highest BCUT2D eigenvalue weighted by molar-refractivity contribution is 5.95. The number of carbonyl (C=O) groups excluding carboxylic acids is 1. The van der Waals surface area contributed by atoms with Gasteiger partial charge < -0.3 is 14.2 Å². The van der Waals surface area contributed by atoms with Gasteiger partial charge in [0, 0.05) is 31.7 Å². The van der Waals surface area contributed by atoms with E-state index in [4.69, 9.17) is 14.5 Å². The zero-order valence-electron chi connectivity index (χ0n) is 14.4. The van der Waals surface area contributed by atoms with Crippen LogP contribution in [-0.4, -0.2) is 47.3 Å². The predicted octanol–water partition coefficient (Wildman–Crippen LogP) is 2.15. The summed E-state index contributed by atoms with van der Waals surface area (Å²) in [6.07, 6.45) is 3.21. The summed E-state index contributed by atoms with van der Waals surface area (Å²) in [5.41, 5.74) is 1.01. The van der Waals surface area contributed by atoms with Crippen molar-refractivity contribution in [3.63, 3.8) is 0 Å². The second-order valence-corrected chi connectivity index (χ2v) is 6.92. The molecule has 2 aromatic rings. The molecule has 7 heteroatoms. The minimum Gasteiger partial charge on any atom is -0.381 e. The summed E-state index contributed by atoms with van der Waals surface area (Å²) in [6, 6.07) is 8.79. The van der Waals surface area contributed by atoms with Crippen molar-refractivity contribution in [3.8, 4) is 6.07 Å². The highest BCUT2D eigenvalue weighted by atomic mass is 16.5. The first-order valence-corrected chi connectivity index (χ1v) is 8.92. The van der Waals surface area contributed by atoms with Gasteiger partial charge in [-0.1, -0.05) is 11.2 Å². The molecule has 0 atom stereocenters. The van der Waals surface area contributed by atoms with Crippen molar-refractivity contribution in [2.24, 2.45) is 5.92 Å². The number of amides is 1. The second-order valence-electron chi connectivity index (χ2n) is 6.92. The Hall–Kier alpha value is -2.72. The van der Waals surface area contributed by atoms with Crippen LogP contribution < -0.4 is 0 Å². The lowest BCUT2D eigenvalue weighted by Gasteiger charge is -2.37. The monoisotopic (exact) mass is 352 g/mol. The van der Waals surface area contributed by atoms with E-state index in [1.165, 1.54) is 12.8 Å². The van der Waals surface area contributed by atoms with Crippen LogP contribution in [0.5, 0.6) is 0 Å². The van der Waals surface area contributed by atoms with Gasteiger partial charge in [0.15, 0.2) is 5.82 Å². The molecular formula is C19H20N4O3. The molecule has 1 amide bonds. The molecule has 1 aromatic carbocycles. The second kappa shape index (κ2) is 7.26. The maximum atomic E-state index is 12.4. The fourth-order valence-corrected chi connectivity index (χ4v) is 2.94. The van der Waals surface area contributed by atoms with Crippen molar-refractivity contribution in [1.82, 2.24) is 15.0 Å². The zero-order chi connectivity index (χ0) is 17.9. The third kappa shape index (κ3) is 3.75. The van der Waals surface area contributed by atoms with Gasteiger partial charge in [-0.15, -0.1) is 0 Å². The van der Waals surface area contributed by atoms with Gasteiger partial charge in [0.2, 0.25) is 5.89 Å². The van der Waals surface area contributed by atoms with E-state index in [1.54, 1.807) is 29.2 Å². The quantitative estimate of drug-likeness (QED) is 0.709. The summed E-state index contributed by atoms with van der Waals surface area (Å²) in [5.74, 6) is 1.99. The number of nitriles is 1. The summed E-state index contributed by atoms with van der Waals surface area (Å²) in [4.78, 5) is 18.6. The molecule has 0 radical (unpaired) electrons. The average Bonchev–Trinajstić information content (AvgIpc) is 3.35. The molecule has 26 heavy (non-hydrogen) atoms. The first-order valence-electron chi connectivity index (χ1n) is 8.92. The van der Waals surface area contributed by atoms with Crippen LogP contribution in [0.25, 0.3) is 0 Å². The molecule has 1 aliphatic heterocycles. The minimum atomic E-state index is -0.0773. The van der Waals surface area contributed by atoms with Crippen LogP contribution in [0, 0.1) is 17.2 Å². The number of aromatic nitrogens is 2. The maximum Gasteiger partial charge on any atom is 0.253 e. The van der Waals surface area contributed by atoms with Gasteiger partial charge in [-0.05, 0) is 37.0 Å². The average molecular weight is 352 g/mol. The fourth-order valence-electron chi connectivity index (χ4n) is 2.94. The summed E-state index contributed by atoms with van der Waals surface area (Å²) in [6.45, 7) is 2.54. The van der Waals surface area contributed by atoms with E-state index in [9.17, 15) is 4.79 Å². The van der Waals surface area contributed by atoms with E-state index in [0.717, 1.165) is 12.5 Å². The number of rotatable bonds is 7. The Bertz CT molecular complexity index is 831. The van der Waals surface area contributed by atoms with Gasteiger partial charge in [-0.25, -0.2) is 0 Å². The molecule has 1 saturated heterocycles.